The van der Waals surface area contributed by atoms with Crippen LogP contribution in [0.15, 0.2) is 17.1 Å². The van der Waals surface area contributed by atoms with Gasteiger partial charge in [0.05, 0.1) is 13.7 Å². The van der Waals surface area contributed by atoms with E-state index in [-0.39, 0.29) is 42.6 Å². The average Bonchev–Trinajstić information content (AvgIpc) is 3.20. The van der Waals surface area contributed by atoms with Crippen LogP contribution in [0.1, 0.15) is 65.2 Å². The van der Waals surface area contributed by atoms with Gasteiger partial charge >= 0.3 is 0 Å². The van der Waals surface area contributed by atoms with E-state index in [9.17, 15) is 14.7 Å². The van der Waals surface area contributed by atoms with Gasteiger partial charge in [-0.2, -0.15) is 9.61 Å². The van der Waals surface area contributed by atoms with Crippen LogP contribution in [-0.4, -0.2) is 70.1 Å². The molecular formula is C26H36N6O5. The lowest BCUT2D eigenvalue weighted by atomic mass is 9.84. The first-order valence-corrected chi connectivity index (χ1v) is 12.2. The van der Waals surface area contributed by atoms with Crippen LogP contribution in [0.3, 0.4) is 0 Å². The van der Waals surface area contributed by atoms with Crippen LogP contribution in [0.2, 0.25) is 0 Å². The molecule has 0 spiro atoms. The van der Waals surface area contributed by atoms with Crippen LogP contribution in [-0.2, 0) is 12.0 Å². The summed E-state index contributed by atoms with van der Waals surface area (Å²) in [5.74, 6) is 0.396. The molecule has 0 saturated heterocycles. The van der Waals surface area contributed by atoms with Gasteiger partial charge < -0.3 is 19.9 Å². The van der Waals surface area contributed by atoms with Crippen molar-refractivity contribution in [1.82, 2.24) is 24.7 Å². The number of hydrogen-bond donors (Lipinski definition) is 2. The average molecular weight is 513 g/mol. The summed E-state index contributed by atoms with van der Waals surface area (Å²) >= 11 is 0. The number of fused-ring (bicyclic) bond motifs is 1. The number of benzene rings is 1. The van der Waals surface area contributed by atoms with Gasteiger partial charge in [-0.3, -0.25) is 14.6 Å². The molecule has 1 aromatic carbocycles. The number of methoxy groups -OCH3 is 1. The Balaban J connectivity index is 2.12. The smallest absolute Gasteiger partial charge is 0.272 e. The second-order valence-electron chi connectivity index (χ2n) is 9.68. The SMILES string of the molecule is CCNC(=O)c1nn2c(=NC)n(CC(=O)c3cc(OCCO)c(OC)c(C(C)(C)C)c3)nc2c(C)c1C. The zero-order valence-corrected chi connectivity index (χ0v) is 22.8. The van der Waals surface area contributed by atoms with Crippen molar-refractivity contribution < 1.29 is 24.2 Å². The minimum absolute atomic E-state index is 0.0654. The molecule has 0 fully saturated rings. The van der Waals surface area contributed by atoms with Crippen molar-refractivity contribution >= 4 is 17.3 Å². The molecule has 0 saturated carbocycles. The van der Waals surface area contributed by atoms with E-state index in [1.165, 1.54) is 9.20 Å². The van der Waals surface area contributed by atoms with E-state index in [0.29, 0.717) is 40.4 Å². The van der Waals surface area contributed by atoms with Gasteiger partial charge in [0.2, 0.25) is 5.62 Å². The maximum atomic E-state index is 13.5. The molecule has 0 aliphatic rings. The molecule has 37 heavy (non-hydrogen) atoms. The second kappa shape index (κ2) is 11.1. The zero-order valence-electron chi connectivity index (χ0n) is 22.8. The minimum atomic E-state index is -0.340. The summed E-state index contributed by atoms with van der Waals surface area (Å²) in [5, 5.41) is 21.1. The second-order valence-corrected chi connectivity index (χ2v) is 9.68. The van der Waals surface area contributed by atoms with Crippen LogP contribution in [0.25, 0.3) is 5.65 Å². The van der Waals surface area contributed by atoms with Gasteiger partial charge in [-0.1, -0.05) is 20.8 Å². The van der Waals surface area contributed by atoms with Gasteiger partial charge in [-0.15, -0.1) is 5.10 Å². The Labute approximate surface area is 216 Å². The van der Waals surface area contributed by atoms with Crippen molar-refractivity contribution in [3.63, 3.8) is 0 Å². The zero-order chi connectivity index (χ0) is 27.5. The first-order chi connectivity index (χ1) is 17.5. The molecule has 1 amide bonds. The van der Waals surface area contributed by atoms with E-state index in [4.69, 9.17) is 9.47 Å². The molecule has 3 aromatic rings. The number of aryl methyl sites for hydroxylation is 1. The van der Waals surface area contributed by atoms with E-state index >= 15 is 0 Å². The number of carbonyl (C=O) groups is 2. The maximum absolute atomic E-state index is 13.5. The number of aliphatic hydroxyl groups excluding tert-OH is 1. The third-order valence-electron chi connectivity index (χ3n) is 6.07. The van der Waals surface area contributed by atoms with E-state index in [2.05, 4.69) is 20.5 Å². The standard InChI is InChI=1S/C26H36N6O5/c1-9-28-24(35)21-15(2)16(3)23-30-31(25(27-7)32(23)29-21)14-19(34)17-12-18(26(4,5)6)22(36-8)20(13-17)37-11-10-33/h12-13,33H,9-11,14H2,1-8H3,(H,28,35). The Hall–Kier alpha value is -3.73. The van der Waals surface area contributed by atoms with Gasteiger partial charge in [0.25, 0.3) is 5.91 Å². The minimum Gasteiger partial charge on any atom is -0.493 e. The fraction of sp³-hybridized carbons (Fsp3) is 0.500. The quantitative estimate of drug-likeness (QED) is 0.419. The molecule has 11 heteroatoms. The monoisotopic (exact) mass is 512 g/mol. The van der Waals surface area contributed by atoms with Crippen molar-refractivity contribution in [2.75, 3.05) is 33.9 Å². The van der Waals surface area contributed by atoms with Crippen molar-refractivity contribution in [1.29, 1.82) is 0 Å². The molecule has 3 rings (SSSR count). The number of aromatic nitrogens is 4. The van der Waals surface area contributed by atoms with Crippen LogP contribution in [0.4, 0.5) is 0 Å². The Bertz CT molecular complexity index is 1400. The number of rotatable bonds is 9. The van der Waals surface area contributed by atoms with Gasteiger partial charge in [0, 0.05) is 30.3 Å². The van der Waals surface area contributed by atoms with Crippen LogP contribution in [0, 0.1) is 13.8 Å². The lowest BCUT2D eigenvalue weighted by Gasteiger charge is -2.25. The lowest BCUT2D eigenvalue weighted by Crippen LogP contribution is -2.30. The molecule has 0 unspecified atom stereocenters. The van der Waals surface area contributed by atoms with Crippen molar-refractivity contribution in [3.8, 4) is 11.5 Å². The predicted molar refractivity (Wildman–Crippen MR) is 139 cm³/mol. The number of hydrogen-bond acceptors (Lipinski definition) is 8. The van der Waals surface area contributed by atoms with E-state index in [1.54, 1.807) is 26.3 Å². The summed E-state index contributed by atoms with van der Waals surface area (Å²) in [4.78, 5) is 30.4. The fourth-order valence-electron chi connectivity index (χ4n) is 4.05. The molecule has 11 nitrogen and oxygen atoms in total. The lowest BCUT2D eigenvalue weighted by molar-refractivity contribution is 0.0944. The topological polar surface area (TPSA) is 132 Å². The number of nitrogens with one attached hydrogen (secondary N) is 1. The van der Waals surface area contributed by atoms with Gasteiger partial charge in [-0.05, 0) is 43.9 Å². The van der Waals surface area contributed by atoms with Crippen LogP contribution >= 0.6 is 0 Å². The fourth-order valence-corrected chi connectivity index (χ4v) is 4.05. The third-order valence-corrected chi connectivity index (χ3v) is 6.07. The summed E-state index contributed by atoms with van der Waals surface area (Å²) in [5.41, 5.74) is 3.47. The predicted octanol–water partition coefficient (Wildman–Crippen LogP) is 1.99. The molecule has 0 bridgehead atoms. The molecule has 0 aliphatic carbocycles. The third kappa shape index (κ3) is 5.51. The molecule has 200 valence electrons. The van der Waals surface area contributed by atoms with E-state index < -0.39 is 0 Å². The molecule has 0 aliphatic heterocycles. The van der Waals surface area contributed by atoms with E-state index in [1.807, 2.05) is 41.5 Å². The highest BCUT2D eigenvalue weighted by Crippen LogP contribution is 2.40. The normalized spacial score (nSPS) is 12.2. The summed E-state index contributed by atoms with van der Waals surface area (Å²) in [6.45, 7) is 11.8. The van der Waals surface area contributed by atoms with Crippen molar-refractivity contribution in [2.45, 2.75) is 53.5 Å². The number of Topliss-reactive ketones (excluding diaryl/α,β-unsaturated/α-hetero) is 1. The maximum Gasteiger partial charge on any atom is 0.272 e. The number of aliphatic hydroxyl groups is 1. The highest BCUT2D eigenvalue weighted by atomic mass is 16.5. The molecular weight excluding hydrogens is 476 g/mol. The molecule has 2 aromatic heterocycles. The molecule has 0 atom stereocenters. The summed E-state index contributed by atoms with van der Waals surface area (Å²) in [6, 6.07) is 3.42. The van der Waals surface area contributed by atoms with Crippen LogP contribution < -0.4 is 20.4 Å². The Kier molecular flexibility index (Phi) is 8.37. The summed E-state index contributed by atoms with van der Waals surface area (Å²) < 4.78 is 14.3. The summed E-state index contributed by atoms with van der Waals surface area (Å²) in [7, 11) is 3.13. The first-order valence-electron chi connectivity index (χ1n) is 12.2. The van der Waals surface area contributed by atoms with Gasteiger partial charge in [0.15, 0.2) is 28.6 Å². The Morgan fingerprint density at radius 3 is 2.43 bits per heavy atom. The Morgan fingerprint density at radius 1 is 1.16 bits per heavy atom. The van der Waals surface area contributed by atoms with Crippen molar-refractivity contribution in [2.24, 2.45) is 4.99 Å². The number of ether oxygens (including phenoxy) is 2. The molecule has 0 radical (unpaired) electrons. The van der Waals surface area contributed by atoms with Gasteiger partial charge in [0.1, 0.15) is 13.2 Å². The van der Waals surface area contributed by atoms with Gasteiger partial charge in [-0.25, -0.2) is 4.68 Å². The van der Waals surface area contributed by atoms with Crippen LogP contribution in [0.5, 0.6) is 11.5 Å². The molecule has 2 N–H and O–H groups in total. The number of nitrogens with zero attached hydrogens (tertiary/aromatic N) is 5. The number of ketones is 1. The molecule has 2 heterocycles. The summed E-state index contributed by atoms with van der Waals surface area (Å²) in [6.07, 6.45) is 0. The Morgan fingerprint density at radius 2 is 1.86 bits per heavy atom. The number of carbonyl (C=O) groups excluding carboxylic acids is 2. The van der Waals surface area contributed by atoms with E-state index in [0.717, 1.165) is 11.1 Å². The van der Waals surface area contributed by atoms with Crippen molar-refractivity contribution in [3.05, 3.63) is 45.7 Å². The number of amides is 1. The first kappa shape index (κ1) is 27.9. The largest absolute Gasteiger partial charge is 0.493 e. The highest BCUT2D eigenvalue weighted by Gasteiger charge is 2.26. The highest BCUT2D eigenvalue weighted by molar-refractivity contribution is 5.97.